The molecule has 8 atom stereocenters. The monoisotopic (exact) mass is 400 g/mol. The van der Waals surface area contributed by atoms with Crippen molar-refractivity contribution in [2.24, 2.45) is 0 Å². The molecule has 27 heavy (non-hydrogen) atoms. The summed E-state index contributed by atoms with van der Waals surface area (Å²) in [6, 6.07) is 0. The van der Waals surface area contributed by atoms with E-state index in [0.717, 1.165) is 0 Å². The fourth-order valence-corrected chi connectivity index (χ4v) is 2.23. The highest BCUT2D eigenvalue weighted by atomic mass is 16.7. The van der Waals surface area contributed by atoms with Gasteiger partial charge in [-0.3, -0.25) is 0 Å². The van der Waals surface area contributed by atoms with Crippen molar-refractivity contribution >= 4 is 0 Å². The van der Waals surface area contributed by atoms with Crippen LogP contribution in [0.5, 0.6) is 0 Å². The van der Waals surface area contributed by atoms with Crippen molar-refractivity contribution in [2.45, 2.75) is 62.5 Å². The summed E-state index contributed by atoms with van der Waals surface area (Å²) >= 11 is 0. The first kappa shape index (κ1) is 24.0. The molecular formula is C15H28O12. The van der Waals surface area contributed by atoms with Gasteiger partial charge in [-0.15, -0.1) is 0 Å². The van der Waals surface area contributed by atoms with E-state index < -0.39 is 80.5 Å². The number of aliphatic hydroxyl groups excluding tert-OH is 9. The molecule has 8 unspecified atom stereocenters. The van der Waals surface area contributed by atoms with Gasteiger partial charge in [-0.05, 0) is 6.92 Å². The zero-order valence-electron chi connectivity index (χ0n) is 14.7. The largest absolute Gasteiger partial charge is 0.506 e. The van der Waals surface area contributed by atoms with Gasteiger partial charge < -0.3 is 60.2 Å². The summed E-state index contributed by atoms with van der Waals surface area (Å²) in [5, 5.41) is 86.3. The van der Waals surface area contributed by atoms with Crippen molar-refractivity contribution < 1.29 is 60.2 Å². The zero-order valence-corrected chi connectivity index (χ0v) is 14.7. The lowest BCUT2D eigenvalue weighted by molar-refractivity contribution is -0.292. The Morgan fingerprint density at radius 3 is 2.22 bits per heavy atom. The van der Waals surface area contributed by atoms with Gasteiger partial charge in [-0.25, -0.2) is 0 Å². The Bertz CT molecular complexity index is 472. The molecule has 0 amide bonds. The van der Waals surface area contributed by atoms with Crippen molar-refractivity contribution in [1.29, 1.82) is 0 Å². The van der Waals surface area contributed by atoms with Crippen molar-refractivity contribution in [3.8, 4) is 0 Å². The lowest BCUT2D eigenvalue weighted by Crippen LogP contribution is -2.57. The van der Waals surface area contributed by atoms with Crippen LogP contribution >= 0.6 is 0 Å². The van der Waals surface area contributed by atoms with Gasteiger partial charge in [0.2, 0.25) is 12.6 Å². The molecule has 1 aliphatic heterocycles. The first-order chi connectivity index (χ1) is 12.6. The van der Waals surface area contributed by atoms with Crippen LogP contribution in [0.15, 0.2) is 11.5 Å². The highest BCUT2D eigenvalue weighted by Crippen LogP contribution is 2.26. The third-order valence-corrected chi connectivity index (χ3v) is 3.90. The fraction of sp³-hybridized carbons (Fsp3) is 0.867. The fourth-order valence-electron chi connectivity index (χ4n) is 2.23. The van der Waals surface area contributed by atoms with Crippen LogP contribution < -0.4 is 0 Å². The molecule has 12 nitrogen and oxygen atoms in total. The maximum atomic E-state index is 10.1. The molecule has 0 aliphatic carbocycles. The summed E-state index contributed by atoms with van der Waals surface area (Å²) < 4.78 is 15.2. The molecule has 0 saturated carbocycles. The summed E-state index contributed by atoms with van der Waals surface area (Å²) in [6.45, 7) is -0.370. The highest BCUT2D eigenvalue weighted by molar-refractivity contribution is 5.08. The van der Waals surface area contributed by atoms with E-state index in [1.807, 2.05) is 0 Å². The lowest BCUT2D eigenvalue weighted by atomic mass is 10.00. The maximum absolute atomic E-state index is 10.1. The smallest absolute Gasteiger partial charge is 0.229 e. The Morgan fingerprint density at radius 2 is 1.67 bits per heavy atom. The normalized spacial score (nSPS) is 33.1. The number of hydrogen-bond donors (Lipinski definition) is 9. The number of aliphatic hydroxyl groups is 9. The maximum Gasteiger partial charge on any atom is 0.229 e. The molecule has 1 rings (SSSR count). The molecule has 1 aliphatic rings. The quantitative estimate of drug-likeness (QED) is 0.127. The number of hydrogen-bond acceptors (Lipinski definition) is 12. The highest BCUT2D eigenvalue weighted by Gasteiger charge is 2.44. The second kappa shape index (κ2) is 11.1. The van der Waals surface area contributed by atoms with Gasteiger partial charge in [0, 0.05) is 13.0 Å². The van der Waals surface area contributed by atoms with Crippen molar-refractivity contribution in [3.63, 3.8) is 0 Å². The second-order valence-electron chi connectivity index (χ2n) is 6.10. The number of ether oxygens (including phenoxy) is 3. The van der Waals surface area contributed by atoms with Gasteiger partial charge >= 0.3 is 0 Å². The van der Waals surface area contributed by atoms with Crippen LogP contribution in [0.3, 0.4) is 0 Å². The molecule has 9 N–H and O–H groups in total. The van der Waals surface area contributed by atoms with E-state index in [0.29, 0.717) is 0 Å². The van der Waals surface area contributed by atoms with Crippen LogP contribution in [0.25, 0.3) is 0 Å². The number of rotatable bonds is 10. The molecule has 0 aromatic carbocycles. The standard InChI is InChI=1S/C15H28O12/c1-6-9(20)11(22)12(23)15(26-6)27-13(10(21)8(19)2-3-16)14(24)25-5-7(18)4-17/h6-9,11-12,14-24H,2-5H2,1H3/b13-10-. The lowest BCUT2D eigenvalue weighted by Gasteiger charge is -2.39. The summed E-state index contributed by atoms with van der Waals surface area (Å²) in [6.07, 6.45) is -12.9. The minimum atomic E-state index is -2.06. The van der Waals surface area contributed by atoms with Crippen LogP contribution in [0.1, 0.15) is 13.3 Å². The molecule has 0 bridgehead atoms. The Hall–Kier alpha value is -1.06. The van der Waals surface area contributed by atoms with Gasteiger partial charge in [0.15, 0.2) is 11.5 Å². The molecule has 1 fully saturated rings. The van der Waals surface area contributed by atoms with E-state index in [2.05, 4.69) is 0 Å². The first-order valence-electron chi connectivity index (χ1n) is 8.30. The Labute approximate surface area is 155 Å². The molecular weight excluding hydrogens is 372 g/mol. The molecule has 0 spiro atoms. The van der Waals surface area contributed by atoms with Gasteiger partial charge in [-0.1, -0.05) is 0 Å². The first-order valence-corrected chi connectivity index (χ1v) is 8.30. The SMILES string of the molecule is CC1OC(O/C(=C(\O)C(O)CCO)C(O)OCC(O)CO)C(O)C(O)C1O. The van der Waals surface area contributed by atoms with Crippen LogP contribution in [0.4, 0.5) is 0 Å². The summed E-state index contributed by atoms with van der Waals surface area (Å²) in [5.74, 6) is -1.75. The molecule has 1 saturated heterocycles. The molecule has 12 heteroatoms. The van der Waals surface area contributed by atoms with E-state index >= 15 is 0 Å². The van der Waals surface area contributed by atoms with Crippen LogP contribution in [0, 0.1) is 0 Å². The average molecular weight is 400 g/mol. The van der Waals surface area contributed by atoms with Crippen molar-refractivity contribution in [3.05, 3.63) is 11.5 Å². The molecule has 0 aromatic heterocycles. The summed E-state index contributed by atoms with van der Waals surface area (Å²) in [4.78, 5) is 0. The molecule has 0 aromatic rings. The minimum absolute atomic E-state index is 0.323. The summed E-state index contributed by atoms with van der Waals surface area (Å²) in [7, 11) is 0. The minimum Gasteiger partial charge on any atom is -0.506 e. The van der Waals surface area contributed by atoms with E-state index in [1.165, 1.54) is 6.92 Å². The van der Waals surface area contributed by atoms with Gasteiger partial charge in [0.1, 0.15) is 30.5 Å². The Balaban J connectivity index is 3.01. The van der Waals surface area contributed by atoms with Gasteiger partial charge in [-0.2, -0.15) is 0 Å². The molecule has 160 valence electrons. The van der Waals surface area contributed by atoms with Crippen LogP contribution in [-0.4, -0.2) is 115 Å². The van der Waals surface area contributed by atoms with Crippen molar-refractivity contribution in [2.75, 3.05) is 19.8 Å². The second-order valence-corrected chi connectivity index (χ2v) is 6.10. The van der Waals surface area contributed by atoms with E-state index in [1.54, 1.807) is 0 Å². The topological polar surface area (TPSA) is 210 Å². The molecule has 0 radical (unpaired) electrons. The third kappa shape index (κ3) is 6.50. The predicted molar refractivity (Wildman–Crippen MR) is 85.9 cm³/mol. The van der Waals surface area contributed by atoms with Crippen LogP contribution in [-0.2, 0) is 14.2 Å². The molecule has 1 heterocycles. The zero-order chi connectivity index (χ0) is 20.7. The Morgan fingerprint density at radius 1 is 1.04 bits per heavy atom. The third-order valence-electron chi connectivity index (χ3n) is 3.90. The van der Waals surface area contributed by atoms with E-state index in [-0.39, 0.29) is 6.42 Å². The summed E-state index contributed by atoms with van der Waals surface area (Å²) in [5.41, 5.74) is 0. The average Bonchev–Trinajstić information content (AvgIpc) is 2.65. The van der Waals surface area contributed by atoms with Crippen LogP contribution in [0.2, 0.25) is 0 Å². The Kier molecular flexibility index (Phi) is 9.83. The predicted octanol–water partition coefficient (Wildman–Crippen LogP) is -3.97. The van der Waals surface area contributed by atoms with E-state index in [9.17, 15) is 35.7 Å². The van der Waals surface area contributed by atoms with Crippen molar-refractivity contribution in [1.82, 2.24) is 0 Å². The van der Waals surface area contributed by atoms with Gasteiger partial charge in [0.05, 0.1) is 19.3 Å². The van der Waals surface area contributed by atoms with E-state index in [4.69, 9.17) is 24.4 Å². The van der Waals surface area contributed by atoms with Gasteiger partial charge in [0.25, 0.3) is 0 Å².